The zero-order chi connectivity index (χ0) is 16.9. The van der Waals surface area contributed by atoms with Crippen LogP contribution in [0.4, 0.5) is 0 Å². The Morgan fingerprint density at radius 2 is 1.88 bits per heavy atom. The highest BCUT2D eigenvalue weighted by Gasteiger charge is 2.44. The number of methoxy groups -OCH3 is 1. The SMILES string of the molecule is COc1ccc(OCCNC(=O)C2CC2c2ccccc2Cl)cc1. The first-order chi connectivity index (χ1) is 11.7. The number of nitrogens with one attached hydrogen (secondary N) is 1. The summed E-state index contributed by atoms with van der Waals surface area (Å²) in [6, 6.07) is 15.1. The minimum atomic E-state index is 0.0193. The Bertz CT molecular complexity index is 702. The van der Waals surface area contributed by atoms with Crippen molar-refractivity contribution in [3.05, 3.63) is 59.1 Å². The fourth-order valence-electron chi connectivity index (χ4n) is 2.75. The van der Waals surface area contributed by atoms with E-state index in [9.17, 15) is 4.79 Å². The molecular formula is C19H20ClNO3. The third kappa shape index (κ3) is 4.01. The minimum absolute atomic E-state index is 0.0193. The Hall–Kier alpha value is -2.20. The first-order valence-electron chi connectivity index (χ1n) is 7.98. The molecule has 0 radical (unpaired) electrons. The number of carbonyl (C=O) groups is 1. The highest BCUT2D eigenvalue weighted by molar-refractivity contribution is 6.31. The quantitative estimate of drug-likeness (QED) is 0.779. The average molecular weight is 346 g/mol. The van der Waals surface area contributed by atoms with E-state index in [2.05, 4.69) is 5.32 Å². The molecule has 3 rings (SSSR count). The average Bonchev–Trinajstić information content (AvgIpc) is 3.40. The summed E-state index contributed by atoms with van der Waals surface area (Å²) in [4.78, 5) is 12.2. The van der Waals surface area contributed by atoms with Gasteiger partial charge in [-0.2, -0.15) is 0 Å². The van der Waals surface area contributed by atoms with Gasteiger partial charge in [-0.1, -0.05) is 29.8 Å². The van der Waals surface area contributed by atoms with E-state index in [0.29, 0.717) is 13.2 Å². The maximum Gasteiger partial charge on any atom is 0.223 e. The molecule has 0 aliphatic heterocycles. The van der Waals surface area contributed by atoms with Gasteiger partial charge in [0.1, 0.15) is 18.1 Å². The number of benzene rings is 2. The lowest BCUT2D eigenvalue weighted by Gasteiger charge is -2.08. The summed E-state index contributed by atoms with van der Waals surface area (Å²) >= 11 is 6.18. The summed E-state index contributed by atoms with van der Waals surface area (Å²) in [7, 11) is 1.62. The number of ether oxygens (including phenoxy) is 2. The van der Waals surface area contributed by atoms with Crippen LogP contribution in [0.1, 0.15) is 17.9 Å². The van der Waals surface area contributed by atoms with Gasteiger partial charge in [-0.05, 0) is 48.2 Å². The maximum atomic E-state index is 12.2. The second-order valence-corrected chi connectivity index (χ2v) is 6.19. The van der Waals surface area contributed by atoms with Crippen LogP contribution in [0.3, 0.4) is 0 Å². The van der Waals surface area contributed by atoms with E-state index in [1.54, 1.807) is 7.11 Å². The van der Waals surface area contributed by atoms with Crippen LogP contribution in [0.15, 0.2) is 48.5 Å². The van der Waals surface area contributed by atoms with Gasteiger partial charge in [-0.25, -0.2) is 0 Å². The molecule has 5 heteroatoms. The van der Waals surface area contributed by atoms with E-state index in [4.69, 9.17) is 21.1 Å². The molecule has 2 unspecified atom stereocenters. The molecule has 1 fully saturated rings. The lowest BCUT2D eigenvalue weighted by Crippen LogP contribution is -2.29. The predicted molar refractivity (Wildman–Crippen MR) is 93.8 cm³/mol. The van der Waals surface area contributed by atoms with E-state index in [0.717, 1.165) is 28.5 Å². The first-order valence-corrected chi connectivity index (χ1v) is 8.36. The Labute approximate surface area is 146 Å². The molecule has 1 N–H and O–H groups in total. The smallest absolute Gasteiger partial charge is 0.223 e. The van der Waals surface area contributed by atoms with Crippen molar-refractivity contribution in [1.29, 1.82) is 0 Å². The Kier molecular flexibility index (Phi) is 5.26. The molecule has 2 aromatic carbocycles. The number of rotatable bonds is 7. The standard InChI is InChI=1S/C19H20ClNO3/c1-23-13-6-8-14(9-7-13)24-11-10-21-19(22)17-12-16(17)15-4-2-3-5-18(15)20/h2-9,16-17H,10-12H2,1H3,(H,21,22). The van der Waals surface area contributed by atoms with Crippen molar-refractivity contribution in [2.45, 2.75) is 12.3 Å². The number of amides is 1. The molecule has 2 atom stereocenters. The summed E-state index contributed by atoms with van der Waals surface area (Å²) in [5, 5.41) is 3.66. The van der Waals surface area contributed by atoms with Crippen LogP contribution in [0.2, 0.25) is 5.02 Å². The van der Waals surface area contributed by atoms with E-state index >= 15 is 0 Å². The van der Waals surface area contributed by atoms with Gasteiger partial charge < -0.3 is 14.8 Å². The molecular weight excluding hydrogens is 326 g/mol. The largest absolute Gasteiger partial charge is 0.497 e. The summed E-state index contributed by atoms with van der Waals surface area (Å²) in [6.07, 6.45) is 0.856. The summed E-state index contributed by atoms with van der Waals surface area (Å²) < 4.78 is 10.7. The zero-order valence-corrected chi connectivity index (χ0v) is 14.3. The number of hydrogen-bond acceptors (Lipinski definition) is 3. The van der Waals surface area contributed by atoms with Gasteiger partial charge in [0, 0.05) is 10.9 Å². The zero-order valence-electron chi connectivity index (χ0n) is 13.5. The van der Waals surface area contributed by atoms with Crippen molar-refractivity contribution in [3.63, 3.8) is 0 Å². The highest BCUT2D eigenvalue weighted by Crippen LogP contribution is 2.49. The van der Waals surface area contributed by atoms with Crippen LogP contribution in [-0.4, -0.2) is 26.2 Å². The van der Waals surface area contributed by atoms with Crippen LogP contribution < -0.4 is 14.8 Å². The van der Waals surface area contributed by atoms with Crippen LogP contribution in [0, 0.1) is 5.92 Å². The van der Waals surface area contributed by atoms with Crippen molar-refractivity contribution < 1.29 is 14.3 Å². The van der Waals surface area contributed by atoms with Gasteiger partial charge in [0.2, 0.25) is 5.91 Å². The Morgan fingerprint density at radius 1 is 1.17 bits per heavy atom. The minimum Gasteiger partial charge on any atom is -0.497 e. The topological polar surface area (TPSA) is 47.6 Å². The van der Waals surface area contributed by atoms with Crippen molar-refractivity contribution in [1.82, 2.24) is 5.32 Å². The van der Waals surface area contributed by atoms with Crippen LogP contribution in [-0.2, 0) is 4.79 Å². The van der Waals surface area contributed by atoms with Crippen LogP contribution in [0.5, 0.6) is 11.5 Å². The van der Waals surface area contributed by atoms with Gasteiger partial charge in [-0.3, -0.25) is 4.79 Å². The molecule has 24 heavy (non-hydrogen) atoms. The monoisotopic (exact) mass is 345 g/mol. The number of carbonyl (C=O) groups excluding carboxylic acids is 1. The van der Waals surface area contributed by atoms with Gasteiger partial charge in [0.25, 0.3) is 0 Å². The maximum absolute atomic E-state index is 12.2. The molecule has 1 aliphatic rings. The Morgan fingerprint density at radius 3 is 2.58 bits per heavy atom. The molecule has 0 aromatic heterocycles. The van der Waals surface area contributed by atoms with E-state index in [-0.39, 0.29) is 17.7 Å². The molecule has 2 aromatic rings. The van der Waals surface area contributed by atoms with Gasteiger partial charge in [0.05, 0.1) is 13.7 Å². The molecule has 4 nitrogen and oxygen atoms in total. The fourth-order valence-corrected chi connectivity index (χ4v) is 3.03. The van der Waals surface area contributed by atoms with Crippen LogP contribution in [0.25, 0.3) is 0 Å². The second-order valence-electron chi connectivity index (χ2n) is 5.79. The molecule has 0 heterocycles. The molecule has 1 saturated carbocycles. The van der Waals surface area contributed by atoms with Crippen LogP contribution >= 0.6 is 11.6 Å². The predicted octanol–water partition coefficient (Wildman–Crippen LogP) is 3.65. The van der Waals surface area contributed by atoms with Gasteiger partial charge in [0.15, 0.2) is 0 Å². The third-order valence-corrected chi connectivity index (χ3v) is 4.51. The van der Waals surface area contributed by atoms with Gasteiger partial charge in [-0.15, -0.1) is 0 Å². The summed E-state index contributed by atoms with van der Waals surface area (Å²) in [6.45, 7) is 0.915. The highest BCUT2D eigenvalue weighted by atomic mass is 35.5. The first kappa shape index (κ1) is 16.7. The lowest BCUT2D eigenvalue weighted by molar-refractivity contribution is -0.122. The van der Waals surface area contributed by atoms with Crippen molar-refractivity contribution >= 4 is 17.5 Å². The van der Waals surface area contributed by atoms with E-state index in [1.165, 1.54) is 0 Å². The number of hydrogen-bond donors (Lipinski definition) is 1. The van der Waals surface area contributed by atoms with Crippen molar-refractivity contribution in [2.24, 2.45) is 5.92 Å². The van der Waals surface area contributed by atoms with E-state index in [1.807, 2.05) is 48.5 Å². The molecule has 126 valence electrons. The molecule has 0 saturated heterocycles. The third-order valence-electron chi connectivity index (χ3n) is 4.16. The molecule has 1 aliphatic carbocycles. The summed E-state index contributed by atoms with van der Waals surface area (Å²) in [5.41, 5.74) is 1.06. The van der Waals surface area contributed by atoms with Gasteiger partial charge >= 0.3 is 0 Å². The van der Waals surface area contributed by atoms with Crippen molar-refractivity contribution in [3.8, 4) is 11.5 Å². The normalized spacial score (nSPS) is 18.8. The van der Waals surface area contributed by atoms with E-state index < -0.39 is 0 Å². The molecule has 0 spiro atoms. The number of halogens is 1. The lowest BCUT2D eigenvalue weighted by atomic mass is 10.1. The fraction of sp³-hybridized carbons (Fsp3) is 0.316. The Balaban J connectivity index is 1.40. The van der Waals surface area contributed by atoms with Crippen molar-refractivity contribution in [2.75, 3.05) is 20.3 Å². The molecule has 1 amide bonds. The molecule has 0 bridgehead atoms. The summed E-state index contributed by atoms with van der Waals surface area (Å²) in [5.74, 6) is 1.87. The second kappa shape index (κ2) is 7.58.